The first-order valence-electron chi connectivity index (χ1n) is 7.92. The standard InChI is InChI=1S/C17H23NO8/c1-25-10-3-4-11(14(9-10)26-2)13(19)6-7-15(20)18-12(17(23)24)5-8-16(21)22/h3-4,9,12-13,19H,5-8H2,1-2H3,(H,18,20)(H,21,22)(H,23,24). The van der Waals surface area contributed by atoms with Gasteiger partial charge in [-0.05, 0) is 25.0 Å². The van der Waals surface area contributed by atoms with Gasteiger partial charge in [0.2, 0.25) is 5.91 Å². The molecule has 1 rings (SSSR count). The minimum Gasteiger partial charge on any atom is -0.497 e. The number of carbonyl (C=O) groups is 3. The summed E-state index contributed by atoms with van der Waals surface area (Å²) < 4.78 is 10.3. The van der Waals surface area contributed by atoms with Gasteiger partial charge in [-0.15, -0.1) is 0 Å². The van der Waals surface area contributed by atoms with Crippen molar-refractivity contribution in [1.29, 1.82) is 0 Å². The van der Waals surface area contributed by atoms with E-state index in [0.29, 0.717) is 17.1 Å². The van der Waals surface area contributed by atoms with Crippen LogP contribution in [0.5, 0.6) is 11.5 Å². The number of carbonyl (C=O) groups excluding carboxylic acids is 1. The second-order valence-electron chi connectivity index (χ2n) is 5.55. The van der Waals surface area contributed by atoms with Crippen LogP contribution in [-0.4, -0.2) is 53.4 Å². The van der Waals surface area contributed by atoms with Crippen LogP contribution in [0.15, 0.2) is 18.2 Å². The molecule has 0 bridgehead atoms. The van der Waals surface area contributed by atoms with E-state index < -0.39 is 30.0 Å². The number of nitrogens with one attached hydrogen (secondary N) is 1. The van der Waals surface area contributed by atoms with Crippen LogP contribution < -0.4 is 14.8 Å². The summed E-state index contributed by atoms with van der Waals surface area (Å²) in [6.07, 6.45) is -1.68. The summed E-state index contributed by atoms with van der Waals surface area (Å²) in [5.41, 5.74) is 0.474. The van der Waals surface area contributed by atoms with E-state index in [1.54, 1.807) is 18.2 Å². The zero-order chi connectivity index (χ0) is 19.7. The minimum absolute atomic E-state index is 0.0415. The van der Waals surface area contributed by atoms with Gasteiger partial charge in [-0.25, -0.2) is 4.79 Å². The lowest BCUT2D eigenvalue weighted by Crippen LogP contribution is -2.41. The summed E-state index contributed by atoms with van der Waals surface area (Å²) in [6, 6.07) is 3.58. The maximum absolute atomic E-state index is 11.9. The molecule has 1 aromatic carbocycles. The number of ether oxygens (including phenoxy) is 2. The van der Waals surface area contributed by atoms with Gasteiger partial charge in [-0.3, -0.25) is 9.59 Å². The number of methoxy groups -OCH3 is 2. The Morgan fingerprint density at radius 3 is 2.31 bits per heavy atom. The Labute approximate surface area is 150 Å². The van der Waals surface area contributed by atoms with Gasteiger partial charge in [0, 0.05) is 24.5 Å². The van der Waals surface area contributed by atoms with Crippen LogP contribution in [0.25, 0.3) is 0 Å². The van der Waals surface area contributed by atoms with Gasteiger partial charge in [0.1, 0.15) is 17.5 Å². The molecule has 0 radical (unpaired) electrons. The average molecular weight is 369 g/mol. The Morgan fingerprint density at radius 2 is 1.77 bits per heavy atom. The number of rotatable bonds is 11. The van der Waals surface area contributed by atoms with Gasteiger partial charge >= 0.3 is 11.9 Å². The summed E-state index contributed by atoms with van der Waals surface area (Å²) in [7, 11) is 2.94. The lowest BCUT2D eigenvalue weighted by atomic mass is 10.0. The predicted molar refractivity (Wildman–Crippen MR) is 90.2 cm³/mol. The molecule has 144 valence electrons. The molecule has 2 atom stereocenters. The molecule has 1 aromatic rings. The number of benzene rings is 1. The van der Waals surface area contributed by atoms with Crippen molar-refractivity contribution < 1.29 is 39.2 Å². The van der Waals surface area contributed by atoms with Crippen molar-refractivity contribution in [2.24, 2.45) is 0 Å². The number of aliphatic hydroxyl groups excluding tert-OH is 1. The lowest BCUT2D eigenvalue weighted by molar-refractivity contribution is -0.143. The normalized spacial score (nSPS) is 12.7. The number of hydrogen-bond donors (Lipinski definition) is 4. The van der Waals surface area contributed by atoms with E-state index in [4.69, 9.17) is 19.7 Å². The Bertz CT molecular complexity index is 646. The molecule has 0 fully saturated rings. The molecular formula is C17H23NO8. The first kappa shape index (κ1) is 21.2. The molecule has 1 amide bonds. The van der Waals surface area contributed by atoms with Crippen molar-refractivity contribution in [2.75, 3.05) is 14.2 Å². The number of aliphatic hydroxyl groups is 1. The van der Waals surface area contributed by atoms with E-state index in [1.807, 2.05) is 0 Å². The molecule has 0 spiro atoms. The summed E-state index contributed by atoms with van der Waals surface area (Å²) >= 11 is 0. The van der Waals surface area contributed by atoms with Crippen molar-refractivity contribution in [3.05, 3.63) is 23.8 Å². The summed E-state index contributed by atoms with van der Waals surface area (Å²) in [6.45, 7) is 0. The number of carboxylic acid groups (broad SMARTS) is 2. The van der Waals surface area contributed by atoms with Gasteiger partial charge in [0.05, 0.1) is 20.3 Å². The molecule has 26 heavy (non-hydrogen) atoms. The van der Waals surface area contributed by atoms with Crippen LogP contribution in [0, 0.1) is 0 Å². The first-order valence-corrected chi connectivity index (χ1v) is 7.92. The average Bonchev–Trinajstić information content (AvgIpc) is 2.61. The molecule has 0 saturated carbocycles. The van der Waals surface area contributed by atoms with Crippen molar-refractivity contribution in [3.8, 4) is 11.5 Å². The highest BCUT2D eigenvalue weighted by molar-refractivity contribution is 5.83. The third-order valence-corrected chi connectivity index (χ3v) is 3.72. The fraction of sp³-hybridized carbons (Fsp3) is 0.471. The van der Waals surface area contributed by atoms with Crippen LogP contribution in [0.3, 0.4) is 0 Å². The fourth-order valence-corrected chi connectivity index (χ4v) is 2.31. The molecule has 0 saturated heterocycles. The van der Waals surface area contributed by atoms with E-state index in [2.05, 4.69) is 5.32 Å². The summed E-state index contributed by atoms with van der Waals surface area (Å²) in [5, 5.41) is 30.2. The number of carboxylic acids is 2. The zero-order valence-corrected chi connectivity index (χ0v) is 14.6. The van der Waals surface area contributed by atoms with E-state index in [1.165, 1.54) is 14.2 Å². The largest absolute Gasteiger partial charge is 0.497 e. The third kappa shape index (κ3) is 6.60. The smallest absolute Gasteiger partial charge is 0.326 e. The van der Waals surface area contributed by atoms with Crippen LogP contribution in [0.4, 0.5) is 0 Å². The van der Waals surface area contributed by atoms with E-state index in [9.17, 15) is 19.5 Å². The number of hydrogen-bond acceptors (Lipinski definition) is 6. The third-order valence-electron chi connectivity index (χ3n) is 3.72. The highest BCUT2D eigenvalue weighted by Gasteiger charge is 2.22. The maximum atomic E-state index is 11.9. The highest BCUT2D eigenvalue weighted by Crippen LogP contribution is 2.31. The lowest BCUT2D eigenvalue weighted by Gasteiger charge is -2.17. The van der Waals surface area contributed by atoms with Crippen molar-refractivity contribution in [1.82, 2.24) is 5.32 Å². The Morgan fingerprint density at radius 1 is 1.08 bits per heavy atom. The fourth-order valence-electron chi connectivity index (χ4n) is 2.31. The van der Waals surface area contributed by atoms with E-state index in [-0.39, 0.29) is 25.7 Å². The highest BCUT2D eigenvalue weighted by atomic mass is 16.5. The second-order valence-corrected chi connectivity index (χ2v) is 5.55. The van der Waals surface area contributed by atoms with Crippen LogP contribution >= 0.6 is 0 Å². The Balaban J connectivity index is 2.63. The maximum Gasteiger partial charge on any atom is 0.326 e. The van der Waals surface area contributed by atoms with E-state index >= 15 is 0 Å². The van der Waals surface area contributed by atoms with Gasteiger partial charge in [-0.1, -0.05) is 0 Å². The van der Waals surface area contributed by atoms with Gasteiger partial charge < -0.3 is 30.1 Å². The molecule has 4 N–H and O–H groups in total. The number of amides is 1. The molecular weight excluding hydrogens is 346 g/mol. The summed E-state index contributed by atoms with van der Waals surface area (Å²) in [5.74, 6) is -2.08. The molecule has 0 aliphatic carbocycles. The monoisotopic (exact) mass is 369 g/mol. The molecule has 0 aliphatic heterocycles. The van der Waals surface area contributed by atoms with Crippen LogP contribution in [0.1, 0.15) is 37.4 Å². The molecule has 9 nitrogen and oxygen atoms in total. The predicted octanol–water partition coefficient (Wildman–Crippen LogP) is 0.952. The Kier molecular flexibility index (Phi) is 8.36. The number of aliphatic carboxylic acids is 2. The topological polar surface area (TPSA) is 142 Å². The second kappa shape index (κ2) is 10.2. The van der Waals surface area contributed by atoms with Gasteiger partial charge in [0.25, 0.3) is 0 Å². The molecule has 0 aromatic heterocycles. The molecule has 0 aliphatic rings. The first-order chi connectivity index (χ1) is 12.3. The molecule has 0 heterocycles. The SMILES string of the molecule is COc1ccc(C(O)CCC(=O)NC(CCC(=O)O)C(=O)O)c(OC)c1. The van der Waals surface area contributed by atoms with Crippen molar-refractivity contribution in [3.63, 3.8) is 0 Å². The van der Waals surface area contributed by atoms with E-state index in [0.717, 1.165) is 0 Å². The van der Waals surface area contributed by atoms with Crippen molar-refractivity contribution in [2.45, 2.75) is 37.8 Å². The Hall–Kier alpha value is -2.81. The molecule has 2 unspecified atom stereocenters. The van der Waals surface area contributed by atoms with Crippen LogP contribution in [0.2, 0.25) is 0 Å². The van der Waals surface area contributed by atoms with Gasteiger partial charge in [-0.2, -0.15) is 0 Å². The van der Waals surface area contributed by atoms with Crippen LogP contribution in [-0.2, 0) is 14.4 Å². The van der Waals surface area contributed by atoms with Crippen molar-refractivity contribution >= 4 is 17.8 Å². The zero-order valence-electron chi connectivity index (χ0n) is 14.6. The summed E-state index contributed by atoms with van der Waals surface area (Å²) in [4.78, 5) is 33.5. The quantitative estimate of drug-likeness (QED) is 0.452. The minimum atomic E-state index is -1.31. The van der Waals surface area contributed by atoms with Gasteiger partial charge in [0.15, 0.2) is 0 Å². The molecule has 9 heteroatoms.